The summed E-state index contributed by atoms with van der Waals surface area (Å²) in [5, 5.41) is 0. The molecule has 0 aliphatic carbocycles. The highest BCUT2D eigenvalue weighted by Gasteiger charge is 2.27. The Morgan fingerprint density at radius 1 is 1.16 bits per heavy atom. The molecular weight excluding hydrogens is 322 g/mol. The monoisotopic (exact) mass is 345 g/mol. The number of furan rings is 1. The number of methoxy groups -OCH3 is 1. The van der Waals surface area contributed by atoms with E-state index in [0.29, 0.717) is 31.3 Å². The average Bonchev–Trinajstić information content (AvgIpc) is 3.18. The van der Waals surface area contributed by atoms with Gasteiger partial charge in [0.05, 0.1) is 19.9 Å². The van der Waals surface area contributed by atoms with E-state index in [1.165, 1.54) is 0 Å². The van der Waals surface area contributed by atoms with Crippen LogP contribution in [0.1, 0.15) is 18.6 Å². The molecule has 134 valence electrons. The number of nitrogens with zero attached hydrogens (tertiary/aromatic N) is 1. The summed E-state index contributed by atoms with van der Waals surface area (Å²) < 4.78 is 21.8. The van der Waals surface area contributed by atoms with E-state index in [9.17, 15) is 4.79 Å². The van der Waals surface area contributed by atoms with Crippen molar-refractivity contribution in [2.24, 2.45) is 0 Å². The van der Waals surface area contributed by atoms with Crippen LogP contribution in [0.4, 0.5) is 0 Å². The van der Waals surface area contributed by atoms with Crippen LogP contribution in [-0.2, 0) is 16.1 Å². The Labute approximate surface area is 147 Å². The Morgan fingerprint density at radius 2 is 1.92 bits per heavy atom. The second-order valence-corrected chi connectivity index (χ2v) is 5.88. The molecule has 3 rings (SSSR count). The molecule has 25 heavy (non-hydrogen) atoms. The molecule has 1 aliphatic heterocycles. The Balaban J connectivity index is 1.67. The first kappa shape index (κ1) is 17.4. The highest BCUT2D eigenvalue weighted by atomic mass is 16.5. The highest BCUT2D eigenvalue weighted by Crippen LogP contribution is 2.26. The molecule has 1 aliphatic rings. The zero-order valence-corrected chi connectivity index (χ0v) is 14.3. The normalized spacial score (nSPS) is 14.9. The lowest BCUT2D eigenvalue weighted by atomic mass is 10.1. The number of rotatable bonds is 7. The van der Waals surface area contributed by atoms with Gasteiger partial charge in [0.1, 0.15) is 5.76 Å². The van der Waals surface area contributed by atoms with Crippen LogP contribution in [0.25, 0.3) is 0 Å². The van der Waals surface area contributed by atoms with Crippen molar-refractivity contribution in [3.05, 3.63) is 48.4 Å². The van der Waals surface area contributed by atoms with Gasteiger partial charge in [0.15, 0.2) is 18.1 Å². The molecule has 1 amide bonds. The number of para-hydroxylation sites is 2. The number of hydrogen-bond acceptors (Lipinski definition) is 5. The molecule has 6 heteroatoms. The molecule has 1 saturated heterocycles. The minimum atomic E-state index is -0.0748. The number of carbonyl (C=O) groups excluding carboxylic acids is 1. The van der Waals surface area contributed by atoms with E-state index in [1.807, 2.05) is 29.2 Å². The largest absolute Gasteiger partial charge is 0.493 e. The number of hydrogen-bond donors (Lipinski definition) is 0. The summed E-state index contributed by atoms with van der Waals surface area (Å²) in [5.41, 5.74) is 0. The van der Waals surface area contributed by atoms with Crippen LogP contribution in [0.2, 0.25) is 0 Å². The summed E-state index contributed by atoms with van der Waals surface area (Å²) in [6, 6.07) is 11.1. The van der Waals surface area contributed by atoms with E-state index in [-0.39, 0.29) is 18.6 Å². The minimum Gasteiger partial charge on any atom is -0.493 e. The molecule has 0 unspecified atom stereocenters. The zero-order chi connectivity index (χ0) is 17.5. The van der Waals surface area contributed by atoms with Gasteiger partial charge >= 0.3 is 0 Å². The third-order valence-electron chi connectivity index (χ3n) is 4.28. The molecule has 1 aromatic heterocycles. The SMILES string of the molecule is COc1ccccc1OCC(=O)N(Cc1ccco1)C1CCOCC1. The van der Waals surface area contributed by atoms with Crippen molar-refractivity contribution in [1.29, 1.82) is 0 Å². The third kappa shape index (κ3) is 4.54. The number of carbonyl (C=O) groups is 1. The van der Waals surface area contributed by atoms with E-state index in [4.69, 9.17) is 18.6 Å². The topological polar surface area (TPSA) is 61.1 Å². The van der Waals surface area contributed by atoms with Gasteiger partial charge < -0.3 is 23.5 Å². The van der Waals surface area contributed by atoms with Gasteiger partial charge in [-0.1, -0.05) is 12.1 Å². The highest BCUT2D eigenvalue weighted by molar-refractivity contribution is 5.78. The quantitative estimate of drug-likeness (QED) is 0.772. The fraction of sp³-hybridized carbons (Fsp3) is 0.421. The van der Waals surface area contributed by atoms with Gasteiger partial charge in [-0.05, 0) is 37.1 Å². The molecule has 0 radical (unpaired) electrons. The maximum Gasteiger partial charge on any atom is 0.261 e. The van der Waals surface area contributed by atoms with Gasteiger partial charge in [0.2, 0.25) is 0 Å². The molecule has 0 bridgehead atoms. The maximum atomic E-state index is 12.8. The minimum absolute atomic E-state index is 0.0432. The Bertz CT molecular complexity index is 664. The Hall–Kier alpha value is -2.47. The first-order valence-electron chi connectivity index (χ1n) is 8.43. The standard InChI is InChI=1S/C19H23NO5/c1-22-17-6-2-3-7-18(17)25-14-19(21)20(13-16-5-4-10-24-16)15-8-11-23-12-9-15/h2-7,10,15H,8-9,11-14H2,1H3. The molecule has 2 aromatic rings. The molecule has 2 heterocycles. The summed E-state index contributed by atoms with van der Waals surface area (Å²) in [6.45, 7) is 1.73. The molecule has 1 fully saturated rings. The number of ether oxygens (including phenoxy) is 3. The van der Waals surface area contributed by atoms with Crippen LogP contribution in [-0.4, -0.2) is 43.8 Å². The van der Waals surface area contributed by atoms with Gasteiger partial charge in [-0.25, -0.2) is 0 Å². The van der Waals surface area contributed by atoms with E-state index in [0.717, 1.165) is 18.6 Å². The predicted octanol–water partition coefficient (Wildman–Crippen LogP) is 2.87. The van der Waals surface area contributed by atoms with Gasteiger partial charge in [0, 0.05) is 19.3 Å². The van der Waals surface area contributed by atoms with E-state index < -0.39 is 0 Å². The number of benzene rings is 1. The van der Waals surface area contributed by atoms with E-state index >= 15 is 0 Å². The van der Waals surface area contributed by atoms with Gasteiger partial charge in [0.25, 0.3) is 5.91 Å². The predicted molar refractivity (Wildman–Crippen MR) is 91.6 cm³/mol. The van der Waals surface area contributed by atoms with Crippen molar-refractivity contribution in [2.45, 2.75) is 25.4 Å². The smallest absolute Gasteiger partial charge is 0.261 e. The zero-order valence-electron chi connectivity index (χ0n) is 14.3. The van der Waals surface area contributed by atoms with Crippen LogP contribution in [0.5, 0.6) is 11.5 Å². The summed E-state index contributed by atoms with van der Waals surface area (Å²) in [4.78, 5) is 14.6. The molecule has 0 saturated carbocycles. The second-order valence-electron chi connectivity index (χ2n) is 5.88. The molecule has 0 atom stereocenters. The second kappa shape index (κ2) is 8.58. The van der Waals surface area contributed by atoms with Crippen LogP contribution in [0.15, 0.2) is 47.1 Å². The van der Waals surface area contributed by atoms with E-state index in [1.54, 1.807) is 25.5 Å². The molecule has 0 N–H and O–H groups in total. The van der Waals surface area contributed by atoms with Crippen molar-refractivity contribution in [2.75, 3.05) is 26.9 Å². The fourth-order valence-electron chi connectivity index (χ4n) is 2.95. The molecule has 0 spiro atoms. The van der Waals surface area contributed by atoms with Gasteiger partial charge in [-0.15, -0.1) is 0 Å². The summed E-state index contributed by atoms with van der Waals surface area (Å²) in [7, 11) is 1.58. The van der Waals surface area contributed by atoms with Crippen molar-refractivity contribution in [3.63, 3.8) is 0 Å². The Kier molecular flexibility index (Phi) is 5.95. The first-order valence-corrected chi connectivity index (χ1v) is 8.43. The van der Waals surface area contributed by atoms with Crippen molar-refractivity contribution >= 4 is 5.91 Å². The van der Waals surface area contributed by atoms with E-state index in [2.05, 4.69) is 0 Å². The summed E-state index contributed by atoms with van der Waals surface area (Å²) >= 11 is 0. The van der Waals surface area contributed by atoms with Crippen molar-refractivity contribution < 1.29 is 23.4 Å². The summed E-state index contributed by atoms with van der Waals surface area (Å²) in [5.74, 6) is 1.86. The van der Waals surface area contributed by atoms with Crippen molar-refractivity contribution in [1.82, 2.24) is 4.90 Å². The third-order valence-corrected chi connectivity index (χ3v) is 4.28. The van der Waals surface area contributed by atoms with Crippen LogP contribution in [0.3, 0.4) is 0 Å². The summed E-state index contributed by atoms with van der Waals surface area (Å²) in [6.07, 6.45) is 3.26. The lowest BCUT2D eigenvalue weighted by Crippen LogP contribution is -2.44. The lowest BCUT2D eigenvalue weighted by molar-refractivity contribution is -0.138. The van der Waals surface area contributed by atoms with Crippen molar-refractivity contribution in [3.8, 4) is 11.5 Å². The maximum absolute atomic E-state index is 12.8. The van der Waals surface area contributed by atoms with Gasteiger partial charge in [-0.3, -0.25) is 4.79 Å². The molecule has 1 aromatic carbocycles. The number of amides is 1. The van der Waals surface area contributed by atoms with Gasteiger partial charge in [-0.2, -0.15) is 0 Å². The molecular formula is C19H23NO5. The fourth-order valence-corrected chi connectivity index (χ4v) is 2.95. The lowest BCUT2D eigenvalue weighted by Gasteiger charge is -2.33. The van der Waals surface area contributed by atoms with Crippen LogP contribution in [0, 0.1) is 0 Å². The average molecular weight is 345 g/mol. The molecule has 6 nitrogen and oxygen atoms in total. The Morgan fingerprint density at radius 3 is 2.60 bits per heavy atom. The van der Waals surface area contributed by atoms with Crippen LogP contribution < -0.4 is 9.47 Å². The van der Waals surface area contributed by atoms with Crippen LogP contribution >= 0.6 is 0 Å². The first-order chi connectivity index (χ1) is 12.3.